The second-order valence-electron chi connectivity index (χ2n) is 5.95. The number of rotatable bonds is 6. The normalized spacial score (nSPS) is 10.7. The minimum Gasteiger partial charge on any atom is -0.482 e. The molecule has 3 aromatic rings. The van der Waals surface area contributed by atoms with E-state index in [-0.39, 0.29) is 19.0 Å². The quantitative estimate of drug-likeness (QED) is 0.519. The zero-order valence-electron chi connectivity index (χ0n) is 14.5. The van der Waals surface area contributed by atoms with Crippen LogP contribution in [0.2, 0.25) is 5.02 Å². The van der Waals surface area contributed by atoms with Crippen LogP contribution in [0.4, 0.5) is 0 Å². The molecule has 2 aromatic carbocycles. The summed E-state index contributed by atoms with van der Waals surface area (Å²) < 4.78 is 10.4. The topological polar surface area (TPSA) is 68.4 Å². The minimum absolute atomic E-state index is 0.254. The number of Topliss-reactive ketones (excluding diaryl/α,β-unsaturated/α-hetero) is 1. The van der Waals surface area contributed by atoms with E-state index in [1.807, 2.05) is 38.1 Å². The van der Waals surface area contributed by atoms with Crippen molar-refractivity contribution in [3.63, 3.8) is 0 Å². The van der Waals surface area contributed by atoms with Crippen molar-refractivity contribution in [2.75, 3.05) is 13.2 Å². The van der Waals surface area contributed by atoms with Gasteiger partial charge in [-0.1, -0.05) is 29.8 Å². The Morgan fingerprint density at radius 1 is 1.08 bits per heavy atom. The van der Waals surface area contributed by atoms with Crippen molar-refractivity contribution in [1.82, 2.24) is 4.98 Å². The number of carbonyl (C=O) groups is 2. The Balaban J connectivity index is 1.57. The van der Waals surface area contributed by atoms with E-state index < -0.39 is 5.97 Å². The van der Waals surface area contributed by atoms with Gasteiger partial charge in [0.15, 0.2) is 13.2 Å². The van der Waals surface area contributed by atoms with Gasteiger partial charge in [0, 0.05) is 27.2 Å². The number of nitrogens with one attached hydrogen (secondary N) is 1. The lowest BCUT2D eigenvalue weighted by atomic mass is 10.1. The molecular formula is C20H18ClNO4. The van der Waals surface area contributed by atoms with Crippen LogP contribution in [0.25, 0.3) is 10.9 Å². The molecule has 0 aliphatic rings. The maximum Gasteiger partial charge on any atom is 0.344 e. The Hall–Kier alpha value is -2.79. The van der Waals surface area contributed by atoms with Gasteiger partial charge in [-0.2, -0.15) is 0 Å². The highest BCUT2D eigenvalue weighted by atomic mass is 35.5. The average molecular weight is 372 g/mol. The Labute approximate surface area is 155 Å². The molecule has 0 atom stereocenters. The number of benzene rings is 2. The van der Waals surface area contributed by atoms with Crippen LogP contribution < -0.4 is 4.74 Å². The van der Waals surface area contributed by atoms with Crippen molar-refractivity contribution in [2.24, 2.45) is 0 Å². The number of esters is 1. The van der Waals surface area contributed by atoms with Crippen molar-refractivity contribution in [3.05, 3.63) is 64.3 Å². The zero-order valence-corrected chi connectivity index (χ0v) is 15.2. The van der Waals surface area contributed by atoms with Crippen LogP contribution in [-0.4, -0.2) is 30.0 Å². The molecule has 0 spiro atoms. The first-order chi connectivity index (χ1) is 12.5. The lowest BCUT2D eigenvalue weighted by molar-refractivity contribution is -0.144. The number of ether oxygens (including phenoxy) is 2. The van der Waals surface area contributed by atoms with Gasteiger partial charge in [0.25, 0.3) is 0 Å². The molecule has 6 heteroatoms. The summed E-state index contributed by atoms with van der Waals surface area (Å²) in [5.41, 5.74) is 3.02. The molecule has 1 N–H and O–H groups in total. The molecule has 1 aromatic heterocycles. The Bertz CT molecular complexity index is 977. The number of halogens is 1. The maximum absolute atomic E-state index is 12.4. The molecule has 0 radical (unpaired) electrons. The summed E-state index contributed by atoms with van der Waals surface area (Å²) in [6, 6.07) is 12.6. The van der Waals surface area contributed by atoms with Gasteiger partial charge in [-0.3, -0.25) is 4.79 Å². The van der Waals surface area contributed by atoms with Gasteiger partial charge in [-0.15, -0.1) is 0 Å². The Morgan fingerprint density at radius 2 is 1.85 bits per heavy atom. The molecule has 0 aliphatic carbocycles. The van der Waals surface area contributed by atoms with Gasteiger partial charge in [0.05, 0.1) is 0 Å². The number of carbonyl (C=O) groups excluding carboxylic acids is 2. The van der Waals surface area contributed by atoms with Crippen LogP contribution in [0.15, 0.2) is 42.5 Å². The number of aryl methyl sites for hydroxylation is 2. The standard InChI is InChI=1S/C20H18ClNO4/c1-12-9-14(7-8-16(12)21)25-11-19(24)26-10-18(23)20-13(2)22-17-6-4-3-5-15(17)20/h3-9,22H,10-11H2,1-2H3. The van der Waals surface area contributed by atoms with E-state index in [9.17, 15) is 9.59 Å². The van der Waals surface area contributed by atoms with Crippen LogP contribution in [0.1, 0.15) is 21.6 Å². The van der Waals surface area contributed by atoms with Crippen LogP contribution in [0, 0.1) is 13.8 Å². The second-order valence-corrected chi connectivity index (χ2v) is 6.36. The molecule has 5 nitrogen and oxygen atoms in total. The van der Waals surface area contributed by atoms with E-state index in [4.69, 9.17) is 21.1 Å². The van der Waals surface area contributed by atoms with E-state index in [0.717, 1.165) is 22.2 Å². The number of H-pyrrole nitrogens is 1. The minimum atomic E-state index is -0.608. The van der Waals surface area contributed by atoms with Gasteiger partial charge in [0.2, 0.25) is 5.78 Å². The molecule has 0 aliphatic heterocycles. The third-order valence-corrected chi connectivity index (χ3v) is 4.45. The summed E-state index contributed by atoms with van der Waals surface area (Å²) in [7, 11) is 0. The van der Waals surface area contributed by atoms with E-state index in [1.54, 1.807) is 18.2 Å². The summed E-state index contributed by atoms with van der Waals surface area (Å²) in [6.45, 7) is 3.06. The summed E-state index contributed by atoms with van der Waals surface area (Å²) in [5, 5.41) is 1.44. The number of aromatic amines is 1. The molecule has 26 heavy (non-hydrogen) atoms. The summed E-state index contributed by atoms with van der Waals surface area (Å²) >= 11 is 5.94. The number of para-hydroxylation sites is 1. The van der Waals surface area contributed by atoms with E-state index in [0.29, 0.717) is 16.3 Å². The van der Waals surface area contributed by atoms with Crippen molar-refractivity contribution in [3.8, 4) is 5.75 Å². The fourth-order valence-corrected chi connectivity index (χ4v) is 2.86. The lowest BCUT2D eigenvalue weighted by Gasteiger charge is -2.08. The van der Waals surface area contributed by atoms with Gasteiger partial charge in [-0.05, 0) is 43.7 Å². The Kier molecular flexibility index (Phi) is 5.28. The fraction of sp³-hybridized carbons (Fsp3) is 0.200. The number of hydrogen-bond acceptors (Lipinski definition) is 4. The predicted octanol–water partition coefficient (Wildman–Crippen LogP) is 4.24. The first-order valence-corrected chi connectivity index (χ1v) is 8.48. The molecule has 0 fully saturated rings. The first kappa shape index (κ1) is 18.0. The van der Waals surface area contributed by atoms with E-state index in [2.05, 4.69) is 4.98 Å². The number of hydrogen-bond donors (Lipinski definition) is 1. The summed E-state index contributed by atoms with van der Waals surface area (Å²) in [6.07, 6.45) is 0. The fourth-order valence-electron chi connectivity index (χ4n) is 2.75. The van der Waals surface area contributed by atoms with Gasteiger partial charge in [-0.25, -0.2) is 4.79 Å². The SMILES string of the molecule is Cc1cc(OCC(=O)OCC(=O)c2c(C)[nH]c3ccccc23)ccc1Cl. The van der Waals surface area contributed by atoms with Crippen LogP contribution >= 0.6 is 11.6 Å². The molecule has 0 saturated carbocycles. The maximum atomic E-state index is 12.4. The van der Waals surface area contributed by atoms with Crippen LogP contribution in [0.3, 0.4) is 0 Å². The molecule has 0 unspecified atom stereocenters. The highest BCUT2D eigenvalue weighted by Gasteiger charge is 2.17. The van der Waals surface area contributed by atoms with E-state index >= 15 is 0 Å². The van der Waals surface area contributed by atoms with Crippen molar-refractivity contribution >= 4 is 34.3 Å². The highest BCUT2D eigenvalue weighted by molar-refractivity contribution is 6.31. The first-order valence-electron chi connectivity index (χ1n) is 8.11. The second kappa shape index (κ2) is 7.62. The molecule has 0 bridgehead atoms. The number of fused-ring (bicyclic) bond motifs is 1. The number of ketones is 1. The highest BCUT2D eigenvalue weighted by Crippen LogP contribution is 2.23. The molecule has 134 valence electrons. The molecule has 1 heterocycles. The molecule has 3 rings (SSSR count). The van der Waals surface area contributed by atoms with Gasteiger partial charge in [0.1, 0.15) is 5.75 Å². The van der Waals surface area contributed by atoms with Crippen LogP contribution in [-0.2, 0) is 9.53 Å². The smallest absolute Gasteiger partial charge is 0.344 e. The Morgan fingerprint density at radius 3 is 2.62 bits per heavy atom. The number of aromatic nitrogens is 1. The summed E-state index contributed by atoms with van der Waals surface area (Å²) in [4.78, 5) is 27.5. The van der Waals surface area contributed by atoms with Gasteiger partial charge < -0.3 is 14.5 Å². The largest absolute Gasteiger partial charge is 0.482 e. The molecule has 0 saturated heterocycles. The average Bonchev–Trinajstić information content (AvgIpc) is 2.96. The van der Waals surface area contributed by atoms with E-state index in [1.165, 1.54) is 0 Å². The van der Waals surface area contributed by atoms with Crippen molar-refractivity contribution < 1.29 is 19.1 Å². The summed E-state index contributed by atoms with van der Waals surface area (Å²) in [5.74, 6) is -0.346. The van der Waals surface area contributed by atoms with Crippen molar-refractivity contribution in [1.29, 1.82) is 0 Å². The third kappa shape index (κ3) is 3.89. The predicted molar refractivity (Wildman–Crippen MR) is 100 cm³/mol. The molecular weight excluding hydrogens is 354 g/mol. The zero-order chi connectivity index (χ0) is 18.7. The molecule has 0 amide bonds. The third-order valence-electron chi connectivity index (χ3n) is 4.02. The van der Waals surface area contributed by atoms with Crippen molar-refractivity contribution in [2.45, 2.75) is 13.8 Å². The lowest BCUT2D eigenvalue weighted by Crippen LogP contribution is -2.19. The van der Waals surface area contributed by atoms with Gasteiger partial charge >= 0.3 is 5.97 Å². The van der Waals surface area contributed by atoms with Crippen LogP contribution in [0.5, 0.6) is 5.75 Å². The monoisotopic (exact) mass is 371 g/mol.